The molecule has 0 aromatic heterocycles. The molecule has 4 rings (SSSR count). The molecule has 236 valence electrons. The van der Waals surface area contributed by atoms with Crippen LogP contribution in [0.15, 0.2) is 108 Å². The number of hydrogen-bond donors (Lipinski definition) is 1. The summed E-state index contributed by atoms with van der Waals surface area (Å²) in [6.07, 6.45) is 0.212. The fourth-order valence-electron chi connectivity index (χ4n) is 4.90. The summed E-state index contributed by atoms with van der Waals surface area (Å²) in [4.78, 5) is 30.0. The number of carbonyl (C=O) groups is 2. The molecule has 2 amide bonds. The second-order valence-electron chi connectivity index (χ2n) is 11.8. The predicted octanol–water partition coefficient (Wildman–Crippen LogP) is 7.05. The van der Waals surface area contributed by atoms with E-state index in [0.29, 0.717) is 0 Å². The second-order valence-corrected chi connectivity index (χ2v) is 14.4. The molecule has 0 radical (unpaired) electrons. The van der Waals surface area contributed by atoms with Crippen molar-refractivity contribution in [2.24, 2.45) is 0 Å². The van der Waals surface area contributed by atoms with Crippen LogP contribution in [0.3, 0.4) is 0 Å². The number of sulfonamides is 1. The van der Waals surface area contributed by atoms with E-state index in [2.05, 4.69) is 5.32 Å². The Labute approximate surface area is 275 Å². The van der Waals surface area contributed by atoms with Gasteiger partial charge in [-0.05, 0) is 68.7 Å². The number of carbonyl (C=O) groups excluding carboxylic acids is 2. The molecular formula is C35H37Cl2N3O4S. The van der Waals surface area contributed by atoms with Gasteiger partial charge >= 0.3 is 0 Å². The quantitative estimate of drug-likeness (QED) is 0.186. The maximum absolute atomic E-state index is 14.6. The monoisotopic (exact) mass is 665 g/mol. The van der Waals surface area contributed by atoms with Gasteiger partial charge in [0.25, 0.3) is 10.0 Å². The van der Waals surface area contributed by atoms with E-state index >= 15 is 0 Å². The molecule has 0 aliphatic rings. The molecule has 1 N–H and O–H groups in total. The van der Waals surface area contributed by atoms with Crippen LogP contribution in [-0.4, -0.2) is 43.3 Å². The van der Waals surface area contributed by atoms with E-state index in [4.69, 9.17) is 23.2 Å². The van der Waals surface area contributed by atoms with Crippen molar-refractivity contribution in [3.05, 3.63) is 130 Å². The molecule has 0 spiro atoms. The molecule has 4 aromatic rings. The normalized spacial score (nSPS) is 12.3. The number of rotatable bonds is 11. The SMILES string of the molecule is Cc1ccccc1CN(C(=O)CN(c1cccc(Cl)c1Cl)S(=O)(=O)c1ccccc1)C(Cc1ccccc1)C(=O)NC(C)(C)C. The Morgan fingerprint density at radius 1 is 0.822 bits per heavy atom. The van der Waals surface area contributed by atoms with E-state index in [1.807, 2.05) is 82.3 Å². The minimum Gasteiger partial charge on any atom is -0.350 e. The summed E-state index contributed by atoms with van der Waals surface area (Å²) in [5.74, 6) is -0.940. The Hall–Kier alpha value is -3.85. The first kappa shape index (κ1) is 34.0. The van der Waals surface area contributed by atoms with E-state index < -0.39 is 34.1 Å². The molecular weight excluding hydrogens is 629 g/mol. The highest BCUT2D eigenvalue weighted by Gasteiger charge is 2.36. The molecule has 0 saturated carbocycles. The Bertz CT molecular complexity index is 1740. The van der Waals surface area contributed by atoms with Gasteiger partial charge in [0.2, 0.25) is 11.8 Å². The highest BCUT2D eigenvalue weighted by Crippen LogP contribution is 2.35. The van der Waals surface area contributed by atoms with Crippen LogP contribution in [0.5, 0.6) is 0 Å². The van der Waals surface area contributed by atoms with E-state index in [-0.39, 0.29) is 39.5 Å². The largest absolute Gasteiger partial charge is 0.350 e. The number of hydrogen-bond acceptors (Lipinski definition) is 4. The van der Waals surface area contributed by atoms with Gasteiger partial charge in [0.15, 0.2) is 0 Å². The Morgan fingerprint density at radius 3 is 2.04 bits per heavy atom. The Balaban J connectivity index is 1.85. The lowest BCUT2D eigenvalue weighted by molar-refractivity contribution is -0.140. The summed E-state index contributed by atoms with van der Waals surface area (Å²) >= 11 is 12.9. The molecule has 10 heteroatoms. The van der Waals surface area contributed by atoms with Gasteiger partial charge in [-0.2, -0.15) is 0 Å². The average Bonchev–Trinajstić information content (AvgIpc) is 3.00. The zero-order valence-corrected chi connectivity index (χ0v) is 28.0. The first-order valence-electron chi connectivity index (χ1n) is 14.5. The summed E-state index contributed by atoms with van der Waals surface area (Å²) in [7, 11) is -4.29. The third kappa shape index (κ3) is 8.66. The van der Waals surface area contributed by atoms with Crippen molar-refractivity contribution in [1.82, 2.24) is 10.2 Å². The third-order valence-corrected chi connectivity index (χ3v) is 9.76. The van der Waals surface area contributed by atoms with Gasteiger partial charge in [0.1, 0.15) is 12.6 Å². The van der Waals surface area contributed by atoms with Gasteiger partial charge in [0.05, 0.1) is 20.6 Å². The van der Waals surface area contributed by atoms with Crippen molar-refractivity contribution >= 4 is 50.7 Å². The molecule has 0 aliphatic heterocycles. The summed E-state index contributed by atoms with van der Waals surface area (Å²) in [5, 5.41) is 3.16. The van der Waals surface area contributed by atoms with Crippen LogP contribution < -0.4 is 9.62 Å². The van der Waals surface area contributed by atoms with Crippen molar-refractivity contribution in [2.45, 2.75) is 57.1 Å². The maximum Gasteiger partial charge on any atom is 0.264 e. The molecule has 1 unspecified atom stereocenters. The highest BCUT2D eigenvalue weighted by atomic mass is 35.5. The fraction of sp³-hybridized carbons (Fsp3) is 0.257. The van der Waals surface area contributed by atoms with Crippen LogP contribution >= 0.6 is 23.2 Å². The lowest BCUT2D eigenvalue weighted by Crippen LogP contribution is -2.56. The molecule has 0 aliphatic carbocycles. The van der Waals surface area contributed by atoms with Crippen LogP contribution in [0, 0.1) is 6.92 Å². The first-order valence-corrected chi connectivity index (χ1v) is 16.7. The Morgan fingerprint density at radius 2 is 1.42 bits per heavy atom. The van der Waals surface area contributed by atoms with Crippen LogP contribution in [0.4, 0.5) is 5.69 Å². The minimum absolute atomic E-state index is 0.0109. The van der Waals surface area contributed by atoms with E-state index in [9.17, 15) is 18.0 Å². The standard InChI is InChI=1S/C35H37Cl2N3O4S/c1-25-14-11-12-17-27(25)23-39(31(34(42)38-35(2,3)4)22-26-15-7-5-8-16-26)32(41)24-40(30-21-13-20-29(36)33(30)37)45(43,44)28-18-9-6-10-19-28/h5-21,31H,22-24H2,1-4H3,(H,38,42). The highest BCUT2D eigenvalue weighted by molar-refractivity contribution is 7.92. The number of nitrogens with one attached hydrogen (secondary N) is 1. The molecule has 0 saturated heterocycles. The number of amides is 2. The smallest absolute Gasteiger partial charge is 0.264 e. The molecule has 45 heavy (non-hydrogen) atoms. The molecule has 0 fully saturated rings. The Kier molecular flexibility index (Phi) is 11.0. The number of nitrogens with zero attached hydrogens (tertiary/aromatic N) is 2. The van der Waals surface area contributed by atoms with Gasteiger partial charge in [0, 0.05) is 18.5 Å². The third-order valence-electron chi connectivity index (χ3n) is 7.18. The van der Waals surface area contributed by atoms with Crippen molar-refractivity contribution in [3.8, 4) is 0 Å². The van der Waals surface area contributed by atoms with Crippen molar-refractivity contribution < 1.29 is 18.0 Å². The lowest BCUT2D eigenvalue weighted by Gasteiger charge is -2.35. The van der Waals surface area contributed by atoms with Crippen molar-refractivity contribution in [2.75, 3.05) is 10.8 Å². The van der Waals surface area contributed by atoms with Crippen molar-refractivity contribution in [3.63, 3.8) is 0 Å². The van der Waals surface area contributed by atoms with Crippen LogP contribution in [0.2, 0.25) is 10.0 Å². The summed E-state index contributed by atoms with van der Waals surface area (Å²) < 4.78 is 29.2. The number of aryl methyl sites for hydroxylation is 1. The van der Waals surface area contributed by atoms with E-state index in [1.165, 1.54) is 23.1 Å². The fourth-order valence-corrected chi connectivity index (χ4v) is 6.79. The number of benzene rings is 4. The molecule has 4 aromatic carbocycles. The van der Waals surface area contributed by atoms with Crippen LogP contribution in [-0.2, 0) is 32.6 Å². The van der Waals surface area contributed by atoms with Crippen LogP contribution in [0.1, 0.15) is 37.5 Å². The van der Waals surface area contributed by atoms with E-state index in [0.717, 1.165) is 21.0 Å². The van der Waals surface area contributed by atoms with Gasteiger partial charge in [-0.25, -0.2) is 8.42 Å². The molecule has 0 heterocycles. The zero-order chi connectivity index (χ0) is 32.8. The van der Waals surface area contributed by atoms with Gasteiger partial charge < -0.3 is 10.2 Å². The molecule has 0 bridgehead atoms. The lowest BCUT2D eigenvalue weighted by atomic mass is 10.00. The van der Waals surface area contributed by atoms with Gasteiger partial charge in [-0.15, -0.1) is 0 Å². The summed E-state index contributed by atoms with van der Waals surface area (Å²) in [5.41, 5.74) is 2.07. The minimum atomic E-state index is -4.29. The maximum atomic E-state index is 14.6. The second kappa shape index (κ2) is 14.5. The van der Waals surface area contributed by atoms with Gasteiger partial charge in [-0.1, -0.05) is 102 Å². The molecule has 7 nitrogen and oxygen atoms in total. The molecule has 1 atom stereocenters. The van der Waals surface area contributed by atoms with Gasteiger partial charge in [-0.3, -0.25) is 13.9 Å². The van der Waals surface area contributed by atoms with Crippen LogP contribution in [0.25, 0.3) is 0 Å². The number of halogens is 2. The average molecular weight is 667 g/mol. The zero-order valence-electron chi connectivity index (χ0n) is 25.7. The number of anilines is 1. The summed E-state index contributed by atoms with van der Waals surface area (Å²) in [6.45, 7) is 6.98. The first-order chi connectivity index (χ1) is 21.3. The van der Waals surface area contributed by atoms with Crippen molar-refractivity contribution in [1.29, 1.82) is 0 Å². The van der Waals surface area contributed by atoms with E-state index in [1.54, 1.807) is 30.3 Å². The summed E-state index contributed by atoms with van der Waals surface area (Å²) in [6, 6.07) is 28.4. The topological polar surface area (TPSA) is 86.8 Å². The predicted molar refractivity (Wildman–Crippen MR) is 181 cm³/mol.